The van der Waals surface area contributed by atoms with Gasteiger partial charge >= 0.3 is 6.18 Å². The second-order valence-electron chi connectivity index (χ2n) is 4.41. The predicted molar refractivity (Wildman–Crippen MR) is 71.6 cm³/mol. The molecule has 9 heteroatoms. The Morgan fingerprint density at radius 3 is 2.38 bits per heavy atom. The average molecular weight is 388 g/mol. The average Bonchev–Trinajstić information content (AvgIpc) is 2.37. The lowest BCUT2D eigenvalue weighted by Gasteiger charge is -2.27. The summed E-state index contributed by atoms with van der Waals surface area (Å²) in [6.45, 7) is -0.627. The first kappa shape index (κ1) is 16.4. The summed E-state index contributed by atoms with van der Waals surface area (Å²) in [7, 11) is -3.97. The number of benzene rings is 1. The van der Waals surface area contributed by atoms with Crippen molar-refractivity contribution >= 4 is 26.0 Å². The fourth-order valence-corrected chi connectivity index (χ4v) is 4.34. The molecule has 116 valence electrons. The van der Waals surface area contributed by atoms with Gasteiger partial charge in [0.25, 0.3) is 0 Å². The Balaban J connectivity index is 2.29. The van der Waals surface area contributed by atoms with Gasteiger partial charge in [0.1, 0.15) is 5.82 Å². The van der Waals surface area contributed by atoms with E-state index in [9.17, 15) is 26.0 Å². The van der Waals surface area contributed by atoms with Crippen LogP contribution in [0, 0.1) is 5.82 Å². The summed E-state index contributed by atoms with van der Waals surface area (Å²) in [5, 5.41) is 0. The highest BCUT2D eigenvalue weighted by Gasteiger charge is 2.37. The van der Waals surface area contributed by atoms with Crippen LogP contribution < -0.4 is 0 Å². The molecule has 0 amide bonds. The Kier molecular flexibility index (Phi) is 4.46. The minimum Gasteiger partial charge on any atom is -0.207 e. The highest BCUT2D eigenvalue weighted by atomic mass is 79.9. The normalized spacial score (nSPS) is 17.7. The molecule has 1 aliphatic rings. The first-order valence-corrected chi connectivity index (χ1v) is 8.07. The van der Waals surface area contributed by atoms with Crippen LogP contribution in [0.5, 0.6) is 0 Å². The number of hydrogen-bond acceptors (Lipinski definition) is 2. The molecule has 0 aromatic heterocycles. The monoisotopic (exact) mass is 387 g/mol. The van der Waals surface area contributed by atoms with Crippen molar-refractivity contribution in [2.75, 3.05) is 13.1 Å². The molecule has 1 heterocycles. The van der Waals surface area contributed by atoms with Crippen LogP contribution in [0.3, 0.4) is 0 Å². The van der Waals surface area contributed by atoms with Gasteiger partial charge in [-0.25, -0.2) is 12.8 Å². The Morgan fingerprint density at radius 2 is 1.90 bits per heavy atom. The predicted octanol–water partition coefficient (Wildman–Crippen LogP) is 3.47. The van der Waals surface area contributed by atoms with Gasteiger partial charge in [0.05, 0.1) is 4.90 Å². The summed E-state index contributed by atoms with van der Waals surface area (Å²) >= 11 is 2.95. The summed E-state index contributed by atoms with van der Waals surface area (Å²) in [6.07, 6.45) is -3.98. The summed E-state index contributed by atoms with van der Waals surface area (Å²) in [5.74, 6) is -0.612. The molecular weight excluding hydrogens is 378 g/mol. The first-order valence-electron chi connectivity index (χ1n) is 5.84. The van der Waals surface area contributed by atoms with Gasteiger partial charge in [0.15, 0.2) is 0 Å². The molecule has 0 atom stereocenters. The number of sulfonamides is 1. The van der Waals surface area contributed by atoms with Crippen LogP contribution in [-0.4, -0.2) is 32.0 Å². The van der Waals surface area contributed by atoms with Gasteiger partial charge in [-0.1, -0.05) is 6.08 Å². The van der Waals surface area contributed by atoms with Gasteiger partial charge in [-0.15, -0.1) is 0 Å². The van der Waals surface area contributed by atoms with E-state index in [1.165, 1.54) is 0 Å². The third-order valence-corrected chi connectivity index (χ3v) is 5.89. The van der Waals surface area contributed by atoms with Crippen LogP contribution in [-0.2, 0) is 10.0 Å². The molecule has 0 fully saturated rings. The molecule has 0 N–H and O–H groups in total. The number of alkyl halides is 3. The van der Waals surface area contributed by atoms with Crippen molar-refractivity contribution in [3.8, 4) is 0 Å². The lowest BCUT2D eigenvalue weighted by Crippen LogP contribution is -2.36. The second-order valence-corrected chi connectivity index (χ2v) is 7.18. The smallest absolute Gasteiger partial charge is 0.207 e. The fraction of sp³-hybridized carbons (Fsp3) is 0.333. The zero-order valence-corrected chi connectivity index (χ0v) is 12.9. The van der Waals surface area contributed by atoms with Gasteiger partial charge in [0.2, 0.25) is 10.0 Å². The standard InChI is InChI=1S/C12H10BrF4NO2S/c13-10-7-9(14)1-2-11(10)21(19,20)18-5-3-8(4-6-18)12(15,16)17/h1-3,7H,4-6H2. The van der Waals surface area contributed by atoms with Gasteiger partial charge < -0.3 is 0 Å². The molecule has 1 aromatic rings. The number of hydrogen-bond donors (Lipinski definition) is 0. The summed E-state index contributed by atoms with van der Waals surface area (Å²) in [6, 6.07) is 3.06. The molecular formula is C12H10BrF4NO2S. The maximum absolute atomic E-state index is 13.0. The van der Waals surface area contributed by atoms with E-state index in [4.69, 9.17) is 0 Å². The molecule has 3 nitrogen and oxygen atoms in total. The number of nitrogens with zero attached hydrogens (tertiary/aromatic N) is 1. The Bertz CT molecular complexity index is 685. The number of rotatable bonds is 2. The van der Waals surface area contributed by atoms with Crippen molar-refractivity contribution in [1.29, 1.82) is 0 Å². The SMILES string of the molecule is O=S(=O)(c1ccc(F)cc1Br)N1CC=C(C(F)(F)F)CC1. The molecule has 0 saturated carbocycles. The van der Waals surface area contributed by atoms with Crippen LogP contribution in [0.15, 0.2) is 39.2 Å². The van der Waals surface area contributed by atoms with E-state index in [1.54, 1.807) is 0 Å². The summed E-state index contributed by atoms with van der Waals surface area (Å²) < 4.78 is 76.2. The van der Waals surface area contributed by atoms with E-state index >= 15 is 0 Å². The lowest BCUT2D eigenvalue weighted by molar-refractivity contribution is -0.0953. The van der Waals surface area contributed by atoms with E-state index in [0.717, 1.165) is 28.6 Å². The molecule has 2 rings (SSSR count). The van der Waals surface area contributed by atoms with Crippen LogP contribution in [0.1, 0.15) is 6.42 Å². The van der Waals surface area contributed by atoms with Gasteiger partial charge in [0, 0.05) is 23.1 Å². The molecule has 0 spiro atoms. The van der Waals surface area contributed by atoms with Crippen molar-refractivity contribution in [3.05, 3.63) is 40.1 Å². The highest BCUT2D eigenvalue weighted by Crippen LogP contribution is 2.33. The zero-order valence-electron chi connectivity index (χ0n) is 10.5. The summed E-state index contributed by atoms with van der Waals surface area (Å²) in [4.78, 5) is -0.173. The zero-order chi connectivity index (χ0) is 15.8. The van der Waals surface area contributed by atoms with E-state index in [0.29, 0.717) is 0 Å². The van der Waals surface area contributed by atoms with E-state index in [-0.39, 0.29) is 22.5 Å². The van der Waals surface area contributed by atoms with Crippen LogP contribution in [0.25, 0.3) is 0 Å². The summed E-state index contributed by atoms with van der Waals surface area (Å²) in [5.41, 5.74) is -0.730. The van der Waals surface area contributed by atoms with Crippen LogP contribution in [0.2, 0.25) is 0 Å². The molecule has 1 aromatic carbocycles. The van der Waals surface area contributed by atoms with E-state index in [2.05, 4.69) is 15.9 Å². The van der Waals surface area contributed by atoms with Crippen molar-refractivity contribution in [2.45, 2.75) is 17.5 Å². The second kappa shape index (κ2) is 5.69. The first-order chi connectivity index (χ1) is 9.62. The topological polar surface area (TPSA) is 37.4 Å². The van der Waals surface area contributed by atoms with Gasteiger partial charge in [-0.2, -0.15) is 17.5 Å². The minimum atomic E-state index is -4.44. The largest absolute Gasteiger partial charge is 0.412 e. The molecule has 1 aliphatic heterocycles. The van der Waals surface area contributed by atoms with Crippen LogP contribution in [0.4, 0.5) is 17.6 Å². The molecule has 0 bridgehead atoms. The van der Waals surface area contributed by atoms with Crippen molar-refractivity contribution in [1.82, 2.24) is 4.31 Å². The lowest BCUT2D eigenvalue weighted by atomic mass is 10.1. The Hall–Kier alpha value is -0.930. The molecule has 0 unspecified atom stereocenters. The quantitative estimate of drug-likeness (QED) is 0.575. The van der Waals surface area contributed by atoms with E-state index < -0.39 is 34.0 Å². The maximum Gasteiger partial charge on any atom is 0.412 e. The molecule has 21 heavy (non-hydrogen) atoms. The van der Waals surface area contributed by atoms with Crippen molar-refractivity contribution < 1.29 is 26.0 Å². The Morgan fingerprint density at radius 1 is 1.24 bits per heavy atom. The highest BCUT2D eigenvalue weighted by molar-refractivity contribution is 9.10. The van der Waals surface area contributed by atoms with Crippen molar-refractivity contribution in [3.63, 3.8) is 0 Å². The van der Waals surface area contributed by atoms with Crippen molar-refractivity contribution in [2.24, 2.45) is 0 Å². The molecule has 0 aliphatic carbocycles. The number of halogens is 5. The van der Waals surface area contributed by atoms with E-state index in [1.807, 2.05) is 0 Å². The van der Waals surface area contributed by atoms with Gasteiger partial charge in [-0.05, 0) is 40.5 Å². The molecule has 0 saturated heterocycles. The third-order valence-electron chi connectivity index (χ3n) is 3.05. The van der Waals surface area contributed by atoms with Gasteiger partial charge in [-0.3, -0.25) is 0 Å². The Labute approximate surface area is 127 Å². The minimum absolute atomic E-state index is 0.0353. The fourth-order valence-electron chi connectivity index (χ4n) is 1.95. The van der Waals surface area contributed by atoms with Crippen LogP contribution >= 0.6 is 15.9 Å². The third kappa shape index (κ3) is 3.46. The molecule has 0 radical (unpaired) electrons. The maximum atomic E-state index is 13.0.